The van der Waals surface area contributed by atoms with Crippen molar-refractivity contribution in [3.63, 3.8) is 0 Å². The number of likely N-dealkylation sites (tertiary alicyclic amines) is 2. The number of rotatable bonds is 14. The molecule has 0 aromatic heterocycles. The van der Waals surface area contributed by atoms with Gasteiger partial charge in [0.15, 0.2) is 0 Å². The molecule has 68 heavy (non-hydrogen) atoms. The van der Waals surface area contributed by atoms with Crippen LogP contribution < -0.4 is 31.9 Å². The van der Waals surface area contributed by atoms with Crippen LogP contribution in [0.25, 0.3) is 22.3 Å². The van der Waals surface area contributed by atoms with Crippen LogP contribution in [0.5, 0.6) is 0 Å². The van der Waals surface area contributed by atoms with Crippen molar-refractivity contribution in [1.82, 2.24) is 41.7 Å². The first-order valence-corrected chi connectivity index (χ1v) is 25.3. The minimum absolute atomic E-state index is 0.0391. The summed E-state index contributed by atoms with van der Waals surface area (Å²) in [5.74, 6) is -0.829. The first kappa shape index (κ1) is 50.8. The standard InChI is InChI=1S/C55H78N8O5/c1-33(56-9)49(64)60-47(54(3,4)5)52(67)62-30-16-28-45(62)51(66)59-44-27-15-23-40-38(21-13-25-42(40)44)36-19-11-18-35(32-36)37-20-12-24-41-39(37)22-14-26-43(41)58-46-29-17-31-63(46)53(68)48(55(6,7)8)61-50(65)34(2)57-10/h11-13,18-21,24-25,32-34,43-48,56-58H,14-17,22-23,26-31H2,1-10H3,(H,59,66)(H,60,64)(H,61,65)/t33-,34-,43+,44+,45-,46-,47+,48+/m0/s1. The first-order valence-electron chi connectivity index (χ1n) is 25.3. The Labute approximate surface area is 405 Å². The second-order valence-corrected chi connectivity index (χ2v) is 21.9. The van der Waals surface area contributed by atoms with E-state index in [4.69, 9.17) is 0 Å². The zero-order valence-electron chi connectivity index (χ0n) is 42.3. The molecule has 5 amide bonds. The van der Waals surface area contributed by atoms with E-state index in [1.807, 2.05) is 46.4 Å². The van der Waals surface area contributed by atoms with Crippen LogP contribution in [0.15, 0.2) is 60.7 Å². The van der Waals surface area contributed by atoms with E-state index >= 15 is 0 Å². The summed E-state index contributed by atoms with van der Waals surface area (Å²) in [5, 5.41) is 19.3. The van der Waals surface area contributed by atoms with Crippen LogP contribution in [0.3, 0.4) is 0 Å². The molecule has 6 N–H and O–H groups in total. The van der Waals surface area contributed by atoms with E-state index in [0.29, 0.717) is 19.5 Å². The van der Waals surface area contributed by atoms with Gasteiger partial charge in [-0.2, -0.15) is 0 Å². The Hall–Kier alpha value is -5.11. The lowest BCUT2D eigenvalue weighted by molar-refractivity contribution is -0.144. The summed E-state index contributed by atoms with van der Waals surface area (Å²) in [4.78, 5) is 72.2. The van der Waals surface area contributed by atoms with Gasteiger partial charge in [-0.3, -0.25) is 29.3 Å². The number of likely N-dealkylation sites (N-methyl/N-ethyl adjacent to an activating group) is 2. The molecular weight excluding hydrogens is 853 g/mol. The Morgan fingerprint density at radius 1 is 0.588 bits per heavy atom. The fourth-order valence-corrected chi connectivity index (χ4v) is 10.8. The van der Waals surface area contributed by atoms with Crippen molar-refractivity contribution in [3.05, 3.63) is 82.9 Å². The highest BCUT2D eigenvalue weighted by Crippen LogP contribution is 2.41. The second kappa shape index (κ2) is 21.3. The predicted molar refractivity (Wildman–Crippen MR) is 269 cm³/mol. The first-order chi connectivity index (χ1) is 32.3. The smallest absolute Gasteiger partial charge is 0.246 e. The molecule has 2 aliphatic carbocycles. The Morgan fingerprint density at radius 2 is 1.06 bits per heavy atom. The molecule has 2 fully saturated rings. The number of hydrogen-bond acceptors (Lipinski definition) is 8. The van der Waals surface area contributed by atoms with Gasteiger partial charge in [0.1, 0.15) is 18.1 Å². The zero-order valence-corrected chi connectivity index (χ0v) is 42.3. The Kier molecular flexibility index (Phi) is 15.9. The van der Waals surface area contributed by atoms with Crippen LogP contribution in [0, 0.1) is 10.8 Å². The highest BCUT2D eigenvalue weighted by molar-refractivity contribution is 5.94. The Morgan fingerprint density at radius 3 is 1.59 bits per heavy atom. The number of carbonyl (C=O) groups is 5. The fraction of sp³-hybridized carbons (Fsp3) is 0.582. The highest BCUT2D eigenvalue weighted by Gasteiger charge is 2.44. The van der Waals surface area contributed by atoms with Gasteiger partial charge in [0, 0.05) is 19.1 Å². The van der Waals surface area contributed by atoms with Gasteiger partial charge in [-0.25, -0.2) is 0 Å². The minimum atomic E-state index is -0.769. The molecule has 8 atom stereocenters. The van der Waals surface area contributed by atoms with Gasteiger partial charge < -0.3 is 36.4 Å². The number of benzene rings is 3. The van der Waals surface area contributed by atoms with Crippen LogP contribution >= 0.6 is 0 Å². The number of carbonyl (C=O) groups excluding carboxylic acids is 5. The van der Waals surface area contributed by atoms with Gasteiger partial charge in [-0.05, 0) is 154 Å². The lowest BCUT2D eigenvalue weighted by Crippen LogP contribution is -2.59. The van der Waals surface area contributed by atoms with Gasteiger partial charge >= 0.3 is 0 Å². The molecule has 2 aliphatic heterocycles. The SMILES string of the molecule is CN[C@@H](C)C(=O)N[C@H](C(=O)N1CCC[C@H]1N[C@@H]1CCCc2c(-c3cccc(-c4cccc5c4CCC[C@H]5NC(=O)[C@@H]4CCCN4C(=O)[C@@H](NC(=O)[C@H](C)NC)C(C)(C)C)c3)cccc21)C(C)(C)C. The quantitative estimate of drug-likeness (QED) is 0.104. The Balaban J connectivity index is 1.08. The van der Waals surface area contributed by atoms with Crippen LogP contribution in [0.2, 0.25) is 0 Å². The molecule has 2 saturated heterocycles. The number of nitrogens with one attached hydrogen (secondary N) is 6. The third kappa shape index (κ3) is 11.0. The number of fused-ring (bicyclic) bond motifs is 2. The highest BCUT2D eigenvalue weighted by atomic mass is 16.2. The van der Waals surface area contributed by atoms with Gasteiger partial charge in [0.05, 0.1) is 24.3 Å². The van der Waals surface area contributed by atoms with Crippen LogP contribution in [-0.2, 0) is 36.8 Å². The number of amides is 5. The maximum atomic E-state index is 14.3. The summed E-state index contributed by atoms with van der Waals surface area (Å²) in [6.45, 7) is 16.5. The third-order valence-corrected chi connectivity index (χ3v) is 15.0. The molecule has 3 aromatic rings. The third-order valence-electron chi connectivity index (χ3n) is 15.0. The maximum Gasteiger partial charge on any atom is 0.246 e. The molecule has 4 aliphatic rings. The monoisotopic (exact) mass is 931 g/mol. The molecule has 0 spiro atoms. The van der Waals surface area contributed by atoms with E-state index in [2.05, 4.69) is 92.6 Å². The molecule has 0 unspecified atom stereocenters. The topological polar surface area (TPSA) is 164 Å². The molecule has 2 heterocycles. The number of nitrogens with zero attached hydrogens (tertiary/aromatic N) is 2. The van der Waals surface area contributed by atoms with E-state index in [9.17, 15) is 24.0 Å². The number of hydrogen-bond donors (Lipinski definition) is 6. The van der Waals surface area contributed by atoms with Crippen LogP contribution in [0.4, 0.5) is 0 Å². The lowest BCUT2D eigenvalue weighted by atomic mass is 9.81. The minimum Gasteiger partial charge on any atom is -0.347 e. The van der Waals surface area contributed by atoms with Crippen LogP contribution in [-0.4, -0.2) is 103 Å². The van der Waals surface area contributed by atoms with Gasteiger partial charge in [-0.15, -0.1) is 0 Å². The normalized spacial score (nSPS) is 22.3. The molecule has 13 heteroatoms. The van der Waals surface area contributed by atoms with Crippen molar-refractivity contribution in [2.75, 3.05) is 27.2 Å². The van der Waals surface area contributed by atoms with Crippen molar-refractivity contribution in [2.24, 2.45) is 10.8 Å². The lowest BCUT2D eigenvalue weighted by Gasteiger charge is -2.38. The summed E-state index contributed by atoms with van der Waals surface area (Å²) in [6, 6.07) is 18.9. The van der Waals surface area contributed by atoms with Gasteiger partial charge in [0.2, 0.25) is 29.5 Å². The van der Waals surface area contributed by atoms with Gasteiger partial charge in [0.25, 0.3) is 0 Å². The molecule has 368 valence electrons. The van der Waals surface area contributed by atoms with Crippen molar-refractivity contribution in [2.45, 2.75) is 168 Å². The Bertz CT molecular complexity index is 2330. The molecular formula is C55H78N8O5. The van der Waals surface area contributed by atoms with Crippen molar-refractivity contribution in [1.29, 1.82) is 0 Å². The van der Waals surface area contributed by atoms with Crippen LogP contribution in [0.1, 0.15) is 141 Å². The summed E-state index contributed by atoms with van der Waals surface area (Å²) in [5.41, 5.74) is 8.66. The van der Waals surface area contributed by atoms with E-state index < -0.39 is 41.0 Å². The molecule has 0 radical (unpaired) electrons. The average molecular weight is 931 g/mol. The summed E-state index contributed by atoms with van der Waals surface area (Å²) >= 11 is 0. The van der Waals surface area contributed by atoms with E-state index in [1.54, 1.807) is 32.8 Å². The second-order valence-electron chi connectivity index (χ2n) is 21.9. The summed E-state index contributed by atoms with van der Waals surface area (Å²) in [6.07, 6.45) is 8.55. The molecule has 3 aromatic carbocycles. The van der Waals surface area contributed by atoms with Crippen molar-refractivity contribution < 1.29 is 24.0 Å². The molecule has 0 bridgehead atoms. The average Bonchev–Trinajstić information content (AvgIpc) is 4.01. The largest absolute Gasteiger partial charge is 0.347 e. The predicted octanol–water partition coefficient (Wildman–Crippen LogP) is 6.70. The fourth-order valence-electron chi connectivity index (χ4n) is 10.8. The van der Waals surface area contributed by atoms with E-state index in [0.717, 1.165) is 74.5 Å². The van der Waals surface area contributed by atoms with Crippen molar-refractivity contribution in [3.8, 4) is 22.3 Å². The van der Waals surface area contributed by atoms with E-state index in [-0.39, 0.29) is 47.8 Å². The van der Waals surface area contributed by atoms with E-state index in [1.165, 1.54) is 27.8 Å². The molecule has 7 rings (SSSR count). The summed E-state index contributed by atoms with van der Waals surface area (Å²) < 4.78 is 0. The molecule has 13 nitrogen and oxygen atoms in total. The summed E-state index contributed by atoms with van der Waals surface area (Å²) in [7, 11) is 3.46. The van der Waals surface area contributed by atoms with Gasteiger partial charge in [-0.1, -0.05) is 96.1 Å². The molecule has 0 saturated carbocycles. The maximum absolute atomic E-state index is 14.3. The van der Waals surface area contributed by atoms with Crippen molar-refractivity contribution >= 4 is 29.5 Å². The zero-order chi connectivity index (χ0) is 49.1.